The first-order valence-electron chi connectivity index (χ1n) is 22.4. The molecule has 0 saturated heterocycles. The third-order valence-corrected chi connectivity index (χ3v) is 11.6. The fourth-order valence-corrected chi connectivity index (χ4v) is 8.28. The maximum Gasteiger partial charge on any atom is 0.212 e. The van der Waals surface area contributed by atoms with Crippen molar-refractivity contribution in [2.75, 3.05) is 0 Å². The summed E-state index contributed by atoms with van der Waals surface area (Å²) in [6.45, 7) is 0. The Balaban J connectivity index is 1.19. The number of rotatable bonds is 13. The fraction of sp³-hybridized carbons (Fsp3) is 0. The lowest BCUT2D eigenvalue weighted by atomic mass is 9.99. The number of hydrogen-bond acceptors (Lipinski definition) is 27. The lowest BCUT2D eigenvalue weighted by Crippen LogP contribution is -1.98. The van der Waals surface area contributed by atoms with E-state index in [0.717, 1.165) is 18.2 Å². The van der Waals surface area contributed by atoms with Gasteiger partial charge in [-0.15, -0.1) is 0 Å². The molecule has 0 fully saturated rings. The number of phenolic OH excluding ortho intramolecular Hbond substituents is 22. The van der Waals surface area contributed by atoms with E-state index in [4.69, 9.17) is 23.7 Å². The number of phenols is 22. The average Bonchev–Trinajstić information content (AvgIpc) is 3.47. The highest BCUT2D eigenvalue weighted by molar-refractivity contribution is 5.91. The second-order valence-electron chi connectivity index (χ2n) is 17.2. The minimum absolute atomic E-state index is 0.384. The predicted octanol–water partition coefficient (Wildman–Crippen LogP) is 9.17. The van der Waals surface area contributed by atoms with Crippen LogP contribution in [0.4, 0.5) is 0 Å². The molecule has 0 saturated carbocycles. The Hall–Kier alpha value is -12.4. The van der Waals surface area contributed by atoms with Crippen molar-refractivity contribution < 1.29 is 136 Å². The lowest BCUT2D eigenvalue weighted by Gasteiger charge is -2.21. The van der Waals surface area contributed by atoms with Crippen LogP contribution in [0.2, 0.25) is 0 Å². The van der Waals surface area contributed by atoms with E-state index in [2.05, 4.69) is 0 Å². The van der Waals surface area contributed by atoms with Gasteiger partial charge in [0.15, 0.2) is 57.5 Å². The number of aromatic hydroxyl groups is 22. The maximum absolute atomic E-state index is 11.6. The lowest BCUT2D eigenvalue weighted by molar-refractivity contribution is 0.333. The van der Waals surface area contributed by atoms with Crippen molar-refractivity contribution >= 4 is 0 Å². The number of hydrogen-bond donors (Lipinski definition) is 22. The van der Waals surface area contributed by atoms with Crippen molar-refractivity contribution in [3.8, 4) is 217 Å². The third-order valence-electron chi connectivity index (χ3n) is 11.6. The summed E-state index contributed by atoms with van der Waals surface area (Å²) in [5, 5.41) is 238. The van der Waals surface area contributed by atoms with Gasteiger partial charge in [-0.1, -0.05) is 0 Å². The van der Waals surface area contributed by atoms with Gasteiger partial charge in [-0.3, -0.25) is 0 Å². The Kier molecular flexibility index (Phi) is 13.1. The molecule has 0 aromatic heterocycles. The third kappa shape index (κ3) is 9.87. The van der Waals surface area contributed by atoms with Crippen molar-refractivity contribution in [3.63, 3.8) is 0 Å². The van der Waals surface area contributed by atoms with Crippen LogP contribution in [0.25, 0.3) is 33.4 Å². The SMILES string of the molecule is Oc1cc(O)cc(Oc2c(O)cc(Oc3c(O)cc(Oc4c(Oc5c(O)cc(O)c(-c6c(O)cc(O)cc6O)c5O)cc(O)cc4Oc4c(O)cc(O)c(-c5c(O)cc(O)cc5O)c4O)cc3O)c(-c3c(O)cc(O)cc3O)c2O)c1. The van der Waals surface area contributed by atoms with E-state index in [1.54, 1.807) is 0 Å². The number of ether oxygens (including phenoxy) is 5. The first-order valence-corrected chi connectivity index (χ1v) is 22.4. The molecule has 416 valence electrons. The Morgan fingerprint density at radius 2 is 0.444 bits per heavy atom. The molecule has 0 aliphatic rings. The van der Waals surface area contributed by atoms with Gasteiger partial charge in [0.1, 0.15) is 97.7 Å². The van der Waals surface area contributed by atoms with E-state index in [0.29, 0.717) is 78.9 Å². The van der Waals surface area contributed by atoms with Crippen LogP contribution in [0, 0.1) is 0 Å². The molecule has 0 unspecified atom stereocenters. The molecule has 0 heterocycles. The Labute approximate surface area is 449 Å². The average molecular weight is 1120 g/mol. The Bertz CT molecular complexity index is 3820. The second kappa shape index (κ2) is 19.9. The quantitative estimate of drug-likeness (QED) is 0.0511. The first kappa shape index (κ1) is 53.4. The predicted molar refractivity (Wildman–Crippen MR) is 272 cm³/mol. The standard InChI is InChI=1S/C54H38O27/c55-17-1-18(56)3-23(2-17)77-51-37(73)16-38(46(49(51)76)43-29(65)8-21(59)9-30(43)66)79-50-33(69)12-24(13-34(50)70)78-54-39(80-52-35(71)14-31(67)44(47(52)74)41-25(61)4-19(57)5-26(41)62)10-22(60)11-40(54)81-53-36(72)15-32(68)45(48(53)75)42-27(63)6-20(58)7-28(42)64/h1-16,55-76H. The molecular formula is C54H38O27. The summed E-state index contributed by atoms with van der Waals surface area (Å²) in [7, 11) is 0. The molecule has 0 bridgehead atoms. The molecule has 9 aromatic rings. The molecule has 27 heteroatoms. The van der Waals surface area contributed by atoms with Crippen LogP contribution in [-0.2, 0) is 0 Å². The smallest absolute Gasteiger partial charge is 0.212 e. The van der Waals surface area contributed by atoms with E-state index in [9.17, 15) is 112 Å². The van der Waals surface area contributed by atoms with Gasteiger partial charge >= 0.3 is 0 Å². The summed E-state index contributed by atoms with van der Waals surface area (Å²) in [5.41, 5.74) is -4.63. The highest BCUT2D eigenvalue weighted by Crippen LogP contribution is 2.61. The molecule has 0 spiro atoms. The molecule has 9 rings (SSSR count). The normalized spacial score (nSPS) is 11.1. The highest BCUT2D eigenvalue weighted by atomic mass is 16.6. The molecule has 9 aromatic carbocycles. The van der Waals surface area contributed by atoms with Crippen molar-refractivity contribution in [1.29, 1.82) is 0 Å². The van der Waals surface area contributed by atoms with Gasteiger partial charge in [-0.2, -0.15) is 0 Å². The van der Waals surface area contributed by atoms with Gasteiger partial charge in [0.2, 0.25) is 28.7 Å². The van der Waals surface area contributed by atoms with Gasteiger partial charge in [0.25, 0.3) is 0 Å². The van der Waals surface area contributed by atoms with Crippen molar-refractivity contribution in [2.45, 2.75) is 0 Å². The van der Waals surface area contributed by atoms with Gasteiger partial charge in [-0.25, -0.2) is 0 Å². The second-order valence-corrected chi connectivity index (χ2v) is 17.2. The summed E-state index contributed by atoms with van der Waals surface area (Å²) < 4.78 is 29.0. The van der Waals surface area contributed by atoms with Crippen molar-refractivity contribution in [1.82, 2.24) is 0 Å². The molecule has 0 amide bonds. The highest BCUT2D eigenvalue weighted by Gasteiger charge is 2.33. The van der Waals surface area contributed by atoms with Crippen LogP contribution in [0.3, 0.4) is 0 Å². The summed E-state index contributed by atoms with van der Waals surface area (Å²) >= 11 is 0. The molecule has 0 atom stereocenters. The van der Waals surface area contributed by atoms with Gasteiger partial charge in [0.05, 0.1) is 33.4 Å². The van der Waals surface area contributed by atoms with Crippen LogP contribution in [-0.4, -0.2) is 112 Å². The van der Waals surface area contributed by atoms with Crippen molar-refractivity contribution in [3.05, 3.63) is 97.1 Å². The molecule has 0 radical (unpaired) electrons. The van der Waals surface area contributed by atoms with Gasteiger partial charge < -0.3 is 136 Å². The molecule has 0 aliphatic heterocycles. The van der Waals surface area contributed by atoms with Crippen LogP contribution in [0.5, 0.6) is 184 Å². The molecular weight excluding hydrogens is 1080 g/mol. The fourth-order valence-electron chi connectivity index (χ4n) is 8.28. The van der Waals surface area contributed by atoms with E-state index in [-0.39, 0.29) is 5.75 Å². The summed E-state index contributed by atoms with van der Waals surface area (Å²) in [5.74, 6) is -29.4. The summed E-state index contributed by atoms with van der Waals surface area (Å²) in [4.78, 5) is 0. The molecule has 0 aliphatic carbocycles. The van der Waals surface area contributed by atoms with Gasteiger partial charge in [-0.05, 0) is 0 Å². The maximum atomic E-state index is 11.6. The minimum Gasteiger partial charge on any atom is -0.508 e. The van der Waals surface area contributed by atoms with Crippen LogP contribution in [0.1, 0.15) is 0 Å². The Morgan fingerprint density at radius 3 is 0.852 bits per heavy atom. The largest absolute Gasteiger partial charge is 0.508 e. The molecule has 22 N–H and O–H groups in total. The Morgan fingerprint density at radius 1 is 0.173 bits per heavy atom. The van der Waals surface area contributed by atoms with Crippen LogP contribution < -0.4 is 23.7 Å². The zero-order chi connectivity index (χ0) is 58.8. The van der Waals surface area contributed by atoms with E-state index in [1.807, 2.05) is 0 Å². The van der Waals surface area contributed by atoms with Gasteiger partial charge in [0, 0.05) is 97.1 Å². The van der Waals surface area contributed by atoms with E-state index < -0.39 is 212 Å². The first-order chi connectivity index (χ1) is 38.2. The summed E-state index contributed by atoms with van der Waals surface area (Å²) in [6, 6.07) is 11.6. The van der Waals surface area contributed by atoms with E-state index in [1.165, 1.54) is 0 Å². The monoisotopic (exact) mass is 1120 g/mol. The van der Waals surface area contributed by atoms with E-state index >= 15 is 0 Å². The van der Waals surface area contributed by atoms with Crippen LogP contribution >= 0.6 is 0 Å². The zero-order valence-corrected chi connectivity index (χ0v) is 40.1. The van der Waals surface area contributed by atoms with Crippen molar-refractivity contribution in [2.24, 2.45) is 0 Å². The topological polar surface area (TPSA) is 491 Å². The molecule has 27 nitrogen and oxygen atoms in total. The minimum atomic E-state index is -1.27. The zero-order valence-electron chi connectivity index (χ0n) is 40.1. The number of benzene rings is 9. The summed E-state index contributed by atoms with van der Waals surface area (Å²) in [6.07, 6.45) is 0. The van der Waals surface area contributed by atoms with Crippen LogP contribution in [0.15, 0.2) is 97.1 Å². The molecule has 81 heavy (non-hydrogen) atoms.